The van der Waals surface area contributed by atoms with Crippen LogP contribution >= 0.6 is 0 Å². The molecule has 2 saturated heterocycles. The van der Waals surface area contributed by atoms with Gasteiger partial charge in [0, 0.05) is 0 Å². The summed E-state index contributed by atoms with van der Waals surface area (Å²) in [5, 5.41) is 0. The summed E-state index contributed by atoms with van der Waals surface area (Å²) in [6.45, 7) is 0. The fourth-order valence-electron chi connectivity index (χ4n) is 4.37. The minimum Gasteiger partial charge on any atom is -0.393 e. The molecule has 3 saturated carbocycles. The van der Waals surface area contributed by atoms with E-state index in [4.69, 9.17) is 0 Å². The van der Waals surface area contributed by atoms with E-state index in [9.17, 15) is 19.2 Å². The molecule has 6 nitrogen and oxygen atoms in total. The van der Waals surface area contributed by atoms with Crippen LogP contribution in [0.15, 0.2) is 0 Å². The Morgan fingerprint density at radius 1 is 0.611 bits per heavy atom. The average Bonchev–Trinajstić information content (AvgIpc) is 2.81. The van der Waals surface area contributed by atoms with Crippen molar-refractivity contribution in [2.75, 3.05) is 0 Å². The quantitative estimate of drug-likeness (QED) is 0.431. The first-order valence-electron chi connectivity index (χ1n) is 6.10. The third kappa shape index (κ3) is 0.958. The van der Waals surface area contributed by atoms with Crippen molar-refractivity contribution in [1.29, 1.82) is 0 Å². The van der Waals surface area contributed by atoms with Gasteiger partial charge in [0.25, 0.3) is 0 Å². The normalized spacial score (nSPS) is 48.9. The molecule has 94 valence electrons. The Balaban J connectivity index is 1.84. The molecule has 0 amide bonds. The molecule has 3 aliphatic carbocycles. The fourth-order valence-corrected chi connectivity index (χ4v) is 4.37. The van der Waals surface area contributed by atoms with E-state index in [2.05, 4.69) is 9.47 Å². The van der Waals surface area contributed by atoms with Crippen molar-refractivity contribution in [3.05, 3.63) is 0 Å². The SMILES string of the molecule is O=C1OC(=O)[C@H]2[C@H]3CC[C@@H]([C@@H]12)[C@H]1C(=O)OC(=O)[C@@H]31. The van der Waals surface area contributed by atoms with E-state index < -0.39 is 47.5 Å². The van der Waals surface area contributed by atoms with Gasteiger partial charge in [-0.2, -0.15) is 0 Å². The Kier molecular flexibility index (Phi) is 1.70. The highest BCUT2D eigenvalue weighted by atomic mass is 16.6. The lowest BCUT2D eigenvalue weighted by molar-refractivity contribution is -0.154. The molecule has 18 heavy (non-hydrogen) atoms. The van der Waals surface area contributed by atoms with Crippen molar-refractivity contribution in [2.45, 2.75) is 12.8 Å². The van der Waals surface area contributed by atoms with Gasteiger partial charge in [-0.3, -0.25) is 19.2 Å². The summed E-state index contributed by atoms with van der Waals surface area (Å²) >= 11 is 0. The van der Waals surface area contributed by atoms with Crippen LogP contribution in [0.25, 0.3) is 0 Å². The van der Waals surface area contributed by atoms with Gasteiger partial charge in [-0.05, 0) is 24.7 Å². The summed E-state index contributed by atoms with van der Waals surface area (Å²) in [6, 6.07) is 0. The maximum Gasteiger partial charge on any atom is 0.317 e. The topological polar surface area (TPSA) is 86.7 Å². The van der Waals surface area contributed by atoms with Gasteiger partial charge in [-0.1, -0.05) is 0 Å². The van der Waals surface area contributed by atoms with E-state index in [1.165, 1.54) is 0 Å². The first kappa shape index (κ1) is 10.2. The zero-order valence-corrected chi connectivity index (χ0v) is 9.33. The maximum atomic E-state index is 11.7. The molecule has 0 unspecified atom stereocenters. The smallest absolute Gasteiger partial charge is 0.317 e. The molecule has 5 aliphatic rings. The highest BCUT2D eigenvalue weighted by Crippen LogP contribution is 2.59. The second-order valence-corrected chi connectivity index (χ2v) is 5.49. The Morgan fingerprint density at radius 2 is 0.889 bits per heavy atom. The van der Waals surface area contributed by atoms with Crippen molar-refractivity contribution in [3.63, 3.8) is 0 Å². The molecule has 0 aromatic carbocycles. The number of hydrogen-bond acceptors (Lipinski definition) is 6. The number of rotatable bonds is 0. The zero-order chi connectivity index (χ0) is 12.6. The Morgan fingerprint density at radius 3 is 1.17 bits per heavy atom. The number of esters is 4. The molecule has 0 spiro atoms. The molecule has 2 heterocycles. The minimum atomic E-state index is -0.545. The number of hydrogen-bond donors (Lipinski definition) is 0. The molecule has 0 radical (unpaired) electrons. The van der Waals surface area contributed by atoms with E-state index >= 15 is 0 Å². The van der Waals surface area contributed by atoms with Gasteiger partial charge >= 0.3 is 23.9 Å². The van der Waals surface area contributed by atoms with Crippen molar-refractivity contribution in [1.82, 2.24) is 0 Å². The number of carbonyl (C=O) groups is 4. The minimum absolute atomic E-state index is 0.275. The predicted molar refractivity (Wildman–Crippen MR) is 52.4 cm³/mol. The number of fused-ring (bicyclic) bond motifs is 1. The lowest BCUT2D eigenvalue weighted by Crippen LogP contribution is -2.53. The van der Waals surface area contributed by atoms with Crippen molar-refractivity contribution >= 4 is 23.9 Å². The zero-order valence-electron chi connectivity index (χ0n) is 9.33. The van der Waals surface area contributed by atoms with Crippen LogP contribution in [0.2, 0.25) is 0 Å². The van der Waals surface area contributed by atoms with Gasteiger partial charge in [-0.15, -0.1) is 0 Å². The summed E-state index contributed by atoms with van der Waals surface area (Å²) in [4.78, 5) is 46.8. The summed E-state index contributed by atoms with van der Waals surface area (Å²) in [5.74, 6) is -4.88. The second kappa shape index (κ2) is 2.99. The monoisotopic (exact) mass is 250 g/mol. The van der Waals surface area contributed by atoms with Gasteiger partial charge < -0.3 is 9.47 Å². The van der Waals surface area contributed by atoms with E-state index in [1.54, 1.807) is 0 Å². The van der Waals surface area contributed by atoms with Gasteiger partial charge in [0.1, 0.15) is 0 Å². The van der Waals surface area contributed by atoms with Crippen LogP contribution in [0.4, 0.5) is 0 Å². The highest BCUT2D eigenvalue weighted by molar-refractivity contribution is 6.02. The maximum absolute atomic E-state index is 11.7. The molecule has 5 rings (SSSR count). The molecular formula is C12H10O6. The lowest BCUT2D eigenvalue weighted by atomic mass is 9.51. The summed E-state index contributed by atoms with van der Waals surface area (Å²) in [6.07, 6.45) is 1.36. The van der Waals surface area contributed by atoms with Gasteiger partial charge in [0.05, 0.1) is 23.7 Å². The Labute approximate surface area is 102 Å². The van der Waals surface area contributed by atoms with E-state index in [-0.39, 0.29) is 11.8 Å². The van der Waals surface area contributed by atoms with Gasteiger partial charge in [-0.25, -0.2) is 0 Å². The molecule has 2 bridgehead atoms. The summed E-state index contributed by atoms with van der Waals surface area (Å²) in [7, 11) is 0. The molecule has 0 N–H and O–H groups in total. The fraction of sp³-hybridized carbons (Fsp3) is 0.667. The third-order valence-corrected chi connectivity index (χ3v) is 4.94. The molecule has 0 aromatic heterocycles. The van der Waals surface area contributed by atoms with E-state index in [0.717, 1.165) is 0 Å². The van der Waals surface area contributed by atoms with Crippen LogP contribution in [0.3, 0.4) is 0 Å². The number of ether oxygens (including phenoxy) is 2. The van der Waals surface area contributed by atoms with Crippen molar-refractivity contribution in [3.8, 4) is 0 Å². The van der Waals surface area contributed by atoms with Crippen LogP contribution in [-0.2, 0) is 28.7 Å². The first-order chi connectivity index (χ1) is 8.59. The predicted octanol–water partition coefficient (Wildman–Crippen LogP) is -0.342. The highest BCUT2D eigenvalue weighted by Gasteiger charge is 2.69. The van der Waals surface area contributed by atoms with Crippen LogP contribution in [-0.4, -0.2) is 23.9 Å². The average molecular weight is 250 g/mol. The molecule has 6 heteroatoms. The largest absolute Gasteiger partial charge is 0.393 e. The second-order valence-electron chi connectivity index (χ2n) is 5.49. The number of carbonyl (C=O) groups excluding carboxylic acids is 4. The number of cyclic esters (lactones) is 4. The molecular weight excluding hydrogens is 240 g/mol. The Hall–Kier alpha value is -1.72. The summed E-state index contributed by atoms with van der Waals surface area (Å²) < 4.78 is 9.37. The van der Waals surface area contributed by atoms with Crippen molar-refractivity contribution < 1.29 is 28.7 Å². The standard InChI is InChI=1S/C12H10O6/c13-9-5-3-1-2-4(7(5)11(15)17-9)8-6(3)10(14)18-12(8)16/h3-8H,1-2H2/t3-,4+,5-,6-,7+,8+. The molecule has 2 aliphatic heterocycles. The molecule has 0 aromatic rings. The van der Waals surface area contributed by atoms with Crippen molar-refractivity contribution in [2.24, 2.45) is 35.5 Å². The summed E-state index contributed by atoms with van der Waals surface area (Å²) in [5.41, 5.74) is 0. The van der Waals surface area contributed by atoms with Crippen LogP contribution in [0, 0.1) is 35.5 Å². The lowest BCUT2D eigenvalue weighted by Gasteiger charge is -2.46. The van der Waals surface area contributed by atoms with Crippen LogP contribution < -0.4 is 0 Å². The van der Waals surface area contributed by atoms with E-state index in [1.807, 2.05) is 0 Å². The molecule has 4 atom stereocenters. The molecule has 5 fully saturated rings. The van der Waals surface area contributed by atoms with Crippen LogP contribution in [0.5, 0.6) is 0 Å². The Bertz CT molecular complexity index is 423. The third-order valence-electron chi connectivity index (χ3n) is 4.94. The van der Waals surface area contributed by atoms with Gasteiger partial charge in [0.15, 0.2) is 0 Å². The first-order valence-corrected chi connectivity index (χ1v) is 6.10. The van der Waals surface area contributed by atoms with Crippen LogP contribution in [0.1, 0.15) is 12.8 Å². The van der Waals surface area contributed by atoms with E-state index in [0.29, 0.717) is 12.8 Å². The van der Waals surface area contributed by atoms with Gasteiger partial charge in [0.2, 0.25) is 0 Å².